The first-order valence-corrected chi connectivity index (χ1v) is 7.35. The second kappa shape index (κ2) is 7.07. The number of rotatable bonds is 6. The van der Waals surface area contributed by atoms with Crippen molar-refractivity contribution in [1.82, 2.24) is 5.32 Å². The van der Waals surface area contributed by atoms with Crippen molar-refractivity contribution in [3.8, 4) is 5.75 Å². The van der Waals surface area contributed by atoms with E-state index in [0.717, 1.165) is 11.3 Å². The fourth-order valence-corrected chi connectivity index (χ4v) is 2.25. The van der Waals surface area contributed by atoms with Crippen molar-refractivity contribution in [3.63, 3.8) is 0 Å². The van der Waals surface area contributed by atoms with E-state index in [1.807, 2.05) is 35.7 Å². The van der Waals surface area contributed by atoms with Crippen molar-refractivity contribution in [3.05, 3.63) is 52.2 Å². The largest absolute Gasteiger partial charge is 0.489 e. The second-order valence-electron chi connectivity index (χ2n) is 4.57. The molecule has 0 aliphatic rings. The third kappa shape index (κ3) is 4.36. The van der Waals surface area contributed by atoms with Crippen LogP contribution in [0.2, 0.25) is 0 Å². The molecule has 1 aromatic heterocycles. The van der Waals surface area contributed by atoms with E-state index >= 15 is 0 Å². The van der Waals surface area contributed by atoms with Gasteiger partial charge in [0.2, 0.25) is 5.91 Å². The summed E-state index contributed by atoms with van der Waals surface area (Å²) in [5.74, 6) is 0.668. The van der Waals surface area contributed by atoms with Gasteiger partial charge in [0, 0.05) is 6.54 Å². The summed E-state index contributed by atoms with van der Waals surface area (Å²) in [5, 5.41) is 6.87. The summed E-state index contributed by atoms with van der Waals surface area (Å²) in [4.78, 5) is 11.4. The van der Waals surface area contributed by atoms with Crippen LogP contribution in [0.3, 0.4) is 0 Å². The van der Waals surface area contributed by atoms with E-state index in [1.165, 1.54) is 5.56 Å². The Kier molecular flexibility index (Phi) is 5.15. The number of amides is 1. The monoisotopic (exact) mass is 290 g/mol. The molecule has 0 aliphatic carbocycles. The Morgan fingerprint density at radius 1 is 1.30 bits per heavy atom. The first-order valence-electron chi connectivity index (χ1n) is 6.41. The molecule has 1 aromatic carbocycles. The molecule has 106 valence electrons. The van der Waals surface area contributed by atoms with E-state index in [9.17, 15) is 4.79 Å². The quantitative estimate of drug-likeness (QED) is 0.858. The molecule has 2 rings (SSSR count). The number of nitrogens with two attached hydrogens (primary N) is 1. The second-order valence-corrected chi connectivity index (χ2v) is 5.35. The minimum atomic E-state index is -0.483. The Balaban J connectivity index is 1.82. The summed E-state index contributed by atoms with van der Waals surface area (Å²) in [7, 11) is 0. The number of carbonyl (C=O) groups is 1. The first kappa shape index (κ1) is 14.6. The molecule has 0 radical (unpaired) electrons. The van der Waals surface area contributed by atoms with Crippen molar-refractivity contribution in [2.75, 3.05) is 0 Å². The molecule has 0 saturated heterocycles. The minimum absolute atomic E-state index is 0.150. The van der Waals surface area contributed by atoms with E-state index in [0.29, 0.717) is 13.2 Å². The van der Waals surface area contributed by atoms with Gasteiger partial charge < -0.3 is 15.8 Å². The molecule has 1 unspecified atom stereocenters. The lowest BCUT2D eigenvalue weighted by atomic mass is 10.2. The van der Waals surface area contributed by atoms with Crippen molar-refractivity contribution in [1.29, 1.82) is 0 Å². The van der Waals surface area contributed by atoms with Crippen LogP contribution in [0, 0.1) is 0 Å². The van der Waals surface area contributed by atoms with Crippen molar-refractivity contribution in [2.45, 2.75) is 26.1 Å². The van der Waals surface area contributed by atoms with Gasteiger partial charge >= 0.3 is 0 Å². The molecule has 1 atom stereocenters. The lowest BCUT2D eigenvalue weighted by Gasteiger charge is -2.09. The Morgan fingerprint density at radius 3 is 2.65 bits per heavy atom. The Hall–Kier alpha value is -1.85. The number of hydrogen-bond acceptors (Lipinski definition) is 4. The molecule has 2 aromatic rings. The number of nitrogens with one attached hydrogen (secondary N) is 1. The van der Waals surface area contributed by atoms with Gasteiger partial charge in [-0.15, -0.1) is 0 Å². The highest BCUT2D eigenvalue weighted by Crippen LogP contribution is 2.15. The summed E-state index contributed by atoms with van der Waals surface area (Å²) in [6, 6.07) is 9.24. The highest BCUT2D eigenvalue weighted by atomic mass is 32.1. The average molecular weight is 290 g/mol. The molecule has 1 heterocycles. The predicted octanol–water partition coefficient (Wildman–Crippen LogP) is 2.29. The van der Waals surface area contributed by atoms with Crippen LogP contribution in [0.15, 0.2) is 41.1 Å². The summed E-state index contributed by atoms with van der Waals surface area (Å²) >= 11 is 1.66. The molecule has 0 spiro atoms. The Bertz CT molecular complexity index is 536. The van der Waals surface area contributed by atoms with Crippen molar-refractivity contribution in [2.24, 2.45) is 5.73 Å². The first-order chi connectivity index (χ1) is 9.65. The fraction of sp³-hybridized carbons (Fsp3) is 0.267. The SMILES string of the molecule is CC(N)C(=O)NCc1ccc(OCc2ccsc2)cc1. The van der Waals surface area contributed by atoms with E-state index in [1.54, 1.807) is 18.3 Å². The third-order valence-electron chi connectivity index (χ3n) is 2.79. The molecule has 0 aliphatic heterocycles. The van der Waals surface area contributed by atoms with Crippen molar-refractivity contribution < 1.29 is 9.53 Å². The lowest BCUT2D eigenvalue weighted by Crippen LogP contribution is -2.37. The standard InChI is InChI=1S/C15H18N2O2S/c1-11(16)15(18)17-8-12-2-4-14(5-3-12)19-9-13-6-7-20-10-13/h2-7,10-11H,8-9,16H2,1H3,(H,17,18). The molecule has 0 fully saturated rings. The summed E-state index contributed by atoms with van der Waals surface area (Å²) in [6.45, 7) is 2.71. The van der Waals surface area contributed by atoms with Crippen LogP contribution in [0.1, 0.15) is 18.1 Å². The molecule has 4 nitrogen and oxygen atoms in total. The normalized spacial score (nSPS) is 11.9. The zero-order chi connectivity index (χ0) is 14.4. The van der Waals surface area contributed by atoms with Crippen molar-refractivity contribution >= 4 is 17.2 Å². The van der Waals surface area contributed by atoms with Gasteiger partial charge in [0.05, 0.1) is 6.04 Å². The molecule has 1 amide bonds. The van der Waals surface area contributed by atoms with Crippen LogP contribution in [0.5, 0.6) is 5.75 Å². The maximum atomic E-state index is 11.4. The predicted molar refractivity (Wildman–Crippen MR) is 80.6 cm³/mol. The van der Waals surface area contributed by atoms with Crippen LogP contribution in [0.4, 0.5) is 0 Å². The van der Waals surface area contributed by atoms with E-state index in [4.69, 9.17) is 10.5 Å². The van der Waals surface area contributed by atoms with Crippen LogP contribution in [0.25, 0.3) is 0 Å². The summed E-state index contributed by atoms with van der Waals surface area (Å²) in [6.07, 6.45) is 0. The average Bonchev–Trinajstić information content (AvgIpc) is 2.96. The number of thiophene rings is 1. The number of ether oxygens (including phenoxy) is 1. The van der Waals surface area contributed by atoms with E-state index in [-0.39, 0.29) is 5.91 Å². The topological polar surface area (TPSA) is 64.4 Å². The highest BCUT2D eigenvalue weighted by Gasteiger charge is 2.06. The van der Waals surface area contributed by atoms with Crippen LogP contribution < -0.4 is 15.8 Å². The molecular weight excluding hydrogens is 272 g/mol. The molecular formula is C15H18N2O2S. The van der Waals surface area contributed by atoms with Gasteiger partial charge in [0.25, 0.3) is 0 Å². The minimum Gasteiger partial charge on any atom is -0.489 e. The highest BCUT2D eigenvalue weighted by molar-refractivity contribution is 7.07. The van der Waals surface area contributed by atoms with E-state index in [2.05, 4.69) is 10.7 Å². The summed E-state index contributed by atoms with van der Waals surface area (Å²) in [5.41, 5.74) is 7.66. The number of benzene rings is 1. The van der Waals surface area contributed by atoms with E-state index < -0.39 is 6.04 Å². The van der Waals surface area contributed by atoms with Gasteiger partial charge in [0.15, 0.2) is 0 Å². The van der Waals surface area contributed by atoms with Gasteiger partial charge in [0.1, 0.15) is 12.4 Å². The lowest BCUT2D eigenvalue weighted by molar-refractivity contribution is -0.122. The van der Waals surface area contributed by atoms with Gasteiger partial charge in [-0.05, 0) is 47.0 Å². The Morgan fingerprint density at radius 2 is 2.05 bits per heavy atom. The van der Waals surface area contributed by atoms with Crippen LogP contribution in [-0.2, 0) is 17.9 Å². The maximum absolute atomic E-state index is 11.4. The van der Waals surface area contributed by atoms with Gasteiger partial charge in [-0.3, -0.25) is 4.79 Å². The maximum Gasteiger partial charge on any atom is 0.236 e. The summed E-state index contributed by atoms with van der Waals surface area (Å²) < 4.78 is 5.67. The molecule has 20 heavy (non-hydrogen) atoms. The zero-order valence-electron chi connectivity index (χ0n) is 11.3. The van der Waals surface area contributed by atoms with Crippen LogP contribution >= 0.6 is 11.3 Å². The number of carbonyl (C=O) groups excluding carboxylic acids is 1. The third-order valence-corrected chi connectivity index (χ3v) is 3.52. The molecule has 0 bridgehead atoms. The van der Waals surface area contributed by atoms with Crippen LogP contribution in [-0.4, -0.2) is 11.9 Å². The molecule has 5 heteroatoms. The molecule has 3 N–H and O–H groups in total. The van der Waals surface area contributed by atoms with Gasteiger partial charge in [-0.1, -0.05) is 12.1 Å². The fourth-order valence-electron chi connectivity index (χ4n) is 1.60. The zero-order valence-corrected chi connectivity index (χ0v) is 12.2. The van der Waals surface area contributed by atoms with Gasteiger partial charge in [-0.25, -0.2) is 0 Å². The van der Waals surface area contributed by atoms with Gasteiger partial charge in [-0.2, -0.15) is 11.3 Å². The Labute approximate surface area is 122 Å². The molecule has 0 saturated carbocycles. The number of hydrogen-bond donors (Lipinski definition) is 2. The smallest absolute Gasteiger partial charge is 0.236 e.